The van der Waals surface area contributed by atoms with Crippen LogP contribution in [0.25, 0.3) is 0 Å². The Bertz CT molecular complexity index is 530. The normalized spacial score (nSPS) is 10.5. The molecule has 0 spiro atoms. The van der Waals surface area contributed by atoms with Crippen LogP contribution < -0.4 is 15.8 Å². The first-order valence-electron chi connectivity index (χ1n) is 8.00. The molecule has 14 heteroatoms. The number of nitrogens with two attached hydrogens (primary N) is 1. The van der Waals surface area contributed by atoms with Crippen LogP contribution in [0, 0.1) is 5.92 Å². The molecule has 5 N–H and O–H groups in total. The van der Waals surface area contributed by atoms with Crippen molar-refractivity contribution in [3.05, 3.63) is 0 Å². The molecule has 28 heavy (non-hydrogen) atoms. The Morgan fingerprint density at radius 3 is 1.57 bits per heavy atom. The van der Waals surface area contributed by atoms with Crippen LogP contribution in [-0.4, -0.2) is 73.9 Å². The second-order valence-electron chi connectivity index (χ2n) is 4.47. The predicted molar refractivity (Wildman–Crippen MR) is 109 cm³/mol. The maximum Gasteiger partial charge on any atom is 0.330 e. The molecule has 2 amide bonds. The van der Waals surface area contributed by atoms with Gasteiger partial charge in [-0.15, -0.1) is 0 Å². The Morgan fingerprint density at radius 2 is 1.43 bits per heavy atom. The first-order chi connectivity index (χ1) is 12.8. The van der Waals surface area contributed by atoms with Crippen LogP contribution in [0.5, 0.6) is 0 Å². The second-order valence-corrected chi connectivity index (χ2v) is 6.05. The number of nitrogens with zero attached hydrogens (tertiary/aromatic N) is 1. The molecule has 0 aliphatic heterocycles. The summed E-state index contributed by atoms with van der Waals surface area (Å²) in [5.41, 5.74) is 0. The van der Waals surface area contributed by atoms with Crippen LogP contribution in [0.4, 0.5) is 0 Å². The molecule has 0 aromatic heterocycles. The summed E-state index contributed by atoms with van der Waals surface area (Å²) in [6, 6.07) is 0. The quantitative estimate of drug-likeness (QED) is 0.171. The van der Waals surface area contributed by atoms with Gasteiger partial charge in [0.2, 0.25) is 22.8 Å². The van der Waals surface area contributed by atoms with Crippen LogP contribution in [-0.2, 0) is 29.5 Å². The van der Waals surface area contributed by atoms with Crippen molar-refractivity contribution in [2.45, 2.75) is 27.7 Å². The summed E-state index contributed by atoms with van der Waals surface area (Å²) in [7, 11) is -2.84. The maximum atomic E-state index is 11.1. The Morgan fingerprint density at radius 1 is 1.11 bits per heavy atom. The Balaban J connectivity index is -0.000000161. The van der Waals surface area contributed by atoms with Gasteiger partial charge in [-0.2, -0.15) is 8.42 Å². The third-order valence-electron chi connectivity index (χ3n) is 2.69. The highest BCUT2D eigenvalue weighted by atomic mass is 35.5. The minimum absolute atomic E-state index is 0.222. The van der Waals surface area contributed by atoms with E-state index in [1.54, 1.807) is 6.92 Å². The number of amides is 2. The Hall–Kier alpha value is -1.31. The number of rotatable bonds is 7. The van der Waals surface area contributed by atoms with E-state index in [4.69, 9.17) is 29.4 Å². The van der Waals surface area contributed by atoms with Crippen LogP contribution in [0.3, 0.4) is 0 Å². The lowest BCUT2D eigenvalue weighted by Crippen LogP contribution is -2.43. The van der Waals surface area contributed by atoms with Gasteiger partial charge in [-0.1, -0.05) is 20.8 Å². The molecule has 1 unspecified atom stereocenters. The molecule has 0 aromatic carbocycles. The molecule has 0 heterocycles. The minimum Gasteiger partial charge on any atom is -0.358 e. The minimum atomic E-state index is -4.17. The molecular formula is C14H30Cl2N4O7S. The standard InChI is InChI=1S/C7H11ClN2O3.C6H15N.CHClO.H3NO3S/c1-3-10-7(13)4(5(8)11)6(12)9-2;1-4-7(5-2)6-3;2-1-3;1-5(2,3)4/h4H,3H2,1-2H3,(H,9,12)(H,10,13);4-6H2,1-3H3;1H;(H3,1,2,3,4). The highest BCUT2D eigenvalue weighted by molar-refractivity contribution is 7.83. The van der Waals surface area contributed by atoms with Crippen molar-refractivity contribution in [2.75, 3.05) is 33.2 Å². The van der Waals surface area contributed by atoms with E-state index in [0.29, 0.717) is 6.54 Å². The average Bonchev–Trinajstić information content (AvgIpc) is 2.56. The highest BCUT2D eigenvalue weighted by Gasteiger charge is 2.31. The fraction of sp³-hybridized carbons (Fsp3) is 0.714. The van der Waals surface area contributed by atoms with E-state index in [2.05, 4.69) is 53.0 Å². The first kappa shape index (κ1) is 34.2. The molecule has 0 saturated carbocycles. The van der Waals surface area contributed by atoms with E-state index in [9.17, 15) is 14.4 Å². The van der Waals surface area contributed by atoms with Crippen molar-refractivity contribution < 1.29 is 32.1 Å². The maximum absolute atomic E-state index is 11.1. The smallest absolute Gasteiger partial charge is 0.330 e. The fourth-order valence-electron chi connectivity index (χ4n) is 1.42. The van der Waals surface area contributed by atoms with Gasteiger partial charge in [-0.05, 0) is 49.8 Å². The largest absolute Gasteiger partial charge is 0.358 e. The molecule has 0 fully saturated rings. The van der Waals surface area contributed by atoms with Gasteiger partial charge in [-0.25, -0.2) is 5.14 Å². The second kappa shape index (κ2) is 22.0. The van der Waals surface area contributed by atoms with Crippen LogP contribution >= 0.6 is 23.2 Å². The van der Waals surface area contributed by atoms with Crippen molar-refractivity contribution in [3.8, 4) is 0 Å². The summed E-state index contributed by atoms with van der Waals surface area (Å²) >= 11 is 9.41. The van der Waals surface area contributed by atoms with E-state index < -0.39 is 33.3 Å². The number of carbonyl (C=O) groups is 4. The molecule has 1 atom stereocenters. The summed E-state index contributed by atoms with van der Waals surface area (Å²) < 4.78 is 25.2. The van der Waals surface area contributed by atoms with Gasteiger partial charge in [0, 0.05) is 13.6 Å². The Kier molecular flexibility index (Phi) is 26.9. The van der Waals surface area contributed by atoms with Crippen LogP contribution in [0.15, 0.2) is 0 Å². The zero-order valence-corrected chi connectivity index (χ0v) is 18.9. The molecule has 11 nitrogen and oxygen atoms in total. The molecular weight excluding hydrogens is 439 g/mol. The Labute approximate surface area is 176 Å². The number of halogens is 2. The van der Waals surface area contributed by atoms with Gasteiger partial charge < -0.3 is 15.5 Å². The number of hydrogen-bond acceptors (Lipinski definition) is 7. The topological polar surface area (TPSA) is 176 Å². The lowest BCUT2D eigenvalue weighted by atomic mass is 10.1. The van der Waals surface area contributed by atoms with Crippen molar-refractivity contribution in [1.82, 2.24) is 15.5 Å². The average molecular weight is 469 g/mol. The van der Waals surface area contributed by atoms with Crippen molar-refractivity contribution in [1.29, 1.82) is 0 Å². The molecule has 168 valence electrons. The van der Waals surface area contributed by atoms with Crippen LogP contribution in [0.2, 0.25) is 0 Å². The summed E-state index contributed by atoms with van der Waals surface area (Å²) in [5.74, 6) is -2.61. The summed E-state index contributed by atoms with van der Waals surface area (Å²) in [6.45, 7) is 12.1. The van der Waals surface area contributed by atoms with Gasteiger partial charge in [0.05, 0.1) is 0 Å². The molecule has 0 bridgehead atoms. The summed E-state index contributed by atoms with van der Waals surface area (Å²) in [4.78, 5) is 43.8. The third kappa shape index (κ3) is 29.5. The molecule has 0 aliphatic carbocycles. The SMILES string of the molecule is CCN(CC)CC.CCNC(=O)C(C(=O)Cl)C(=O)NC.NS(=O)(=O)O.O=CCl. The monoisotopic (exact) mass is 468 g/mol. The number of nitrogens with one attached hydrogen (secondary N) is 2. The number of carbonyl (C=O) groups excluding carboxylic acids is 4. The fourth-order valence-corrected chi connectivity index (χ4v) is 1.61. The van der Waals surface area contributed by atoms with E-state index in [1.807, 2.05) is 0 Å². The van der Waals surface area contributed by atoms with Crippen molar-refractivity contribution in [3.63, 3.8) is 0 Å². The van der Waals surface area contributed by atoms with Gasteiger partial charge in [0.1, 0.15) is 0 Å². The zero-order chi connectivity index (χ0) is 23.3. The molecule has 0 rings (SSSR count). The zero-order valence-electron chi connectivity index (χ0n) is 16.6. The van der Waals surface area contributed by atoms with Crippen molar-refractivity contribution >= 4 is 56.3 Å². The van der Waals surface area contributed by atoms with Gasteiger partial charge >= 0.3 is 10.3 Å². The van der Waals surface area contributed by atoms with E-state index in [0.717, 1.165) is 0 Å². The van der Waals surface area contributed by atoms with Gasteiger partial charge in [0.25, 0.3) is 0 Å². The van der Waals surface area contributed by atoms with Crippen molar-refractivity contribution in [2.24, 2.45) is 11.1 Å². The summed E-state index contributed by atoms with van der Waals surface area (Å²) in [5, 5.41) is 7.42. The molecule has 0 saturated heterocycles. The lowest BCUT2D eigenvalue weighted by molar-refractivity contribution is -0.138. The van der Waals surface area contributed by atoms with E-state index in [-0.39, 0.29) is 5.75 Å². The highest BCUT2D eigenvalue weighted by Crippen LogP contribution is 2.02. The molecule has 0 radical (unpaired) electrons. The van der Waals surface area contributed by atoms with Gasteiger partial charge in [-0.3, -0.25) is 23.7 Å². The molecule has 0 aromatic rings. The predicted octanol–water partition coefficient (Wildman–Crippen LogP) is -0.238. The number of hydrogen-bond donors (Lipinski definition) is 4. The lowest BCUT2D eigenvalue weighted by Gasteiger charge is -2.13. The first-order valence-corrected chi connectivity index (χ1v) is 10.3. The van der Waals surface area contributed by atoms with E-state index >= 15 is 0 Å². The van der Waals surface area contributed by atoms with Crippen LogP contribution in [0.1, 0.15) is 27.7 Å². The van der Waals surface area contributed by atoms with Gasteiger partial charge in [0.15, 0.2) is 5.92 Å². The summed E-state index contributed by atoms with van der Waals surface area (Å²) in [6.07, 6.45) is 0. The molecule has 0 aliphatic rings. The third-order valence-corrected chi connectivity index (χ3v) is 2.91. The van der Waals surface area contributed by atoms with E-state index in [1.165, 1.54) is 26.7 Å².